The Morgan fingerprint density at radius 3 is 2.40 bits per heavy atom. The predicted octanol–water partition coefficient (Wildman–Crippen LogP) is 3.84. The third-order valence-electron chi connectivity index (χ3n) is 2.93. The highest BCUT2D eigenvalue weighted by Crippen LogP contribution is 2.27. The van der Waals surface area contributed by atoms with Crippen molar-refractivity contribution in [2.75, 3.05) is 6.54 Å². The van der Waals surface area contributed by atoms with Gasteiger partial charge in [-0.25, -0.2) is 0 Å². The average Bonchev–Trinajstić information content (AvgIpc) is 2.47. The molecular formula is C16H18BrNO2. The Kier molecular flexibility index (Phi) is 5.59. The van der Waals surface area contributed by atoms with Crippen molar-refractivity contribution in [2.45, 2.75) is 20.1 Å². The number of nitrogens with one attached hydrogen (secondary N) is 1. The largest absolute Gasteiger partial charge is 0.457 e. The second-order valence-corrected chi connectivity index (χ2v) is 5.29. The van der Waals surface area contributed by atoms with E-state index in [9.17, 15) is 0 Å². The van der Waals surface area contributed by atoms with Crippen LogP contribution in [-0.4, -0.2) is 11.7 Å². The lowest BCUT2D eigenvalue weighted by Gasteiger charge is -2.10. The summed E-state index contributed by atoms with van der Waals surface area (Å²) >= 11 is 3.56. The molecule has 0 saturated heterocycles. The van der Waals surface area contributed by atoms with Crippen LogP contribution in [0, 0.1) is 0 Å². The van der Waals surface area contributed by atoms with Crippen molar-refractivity contribution >= 4 is 15.9 Å². The molecule has 0 aliphatic carbocycles. The minimum Gasteiger partial charge on any atom is -0.457 e. The van der Waals surface area contributed by atoms with Crippen molar-refractivity contribution in [3.05, 3.63) is 58.1 Å². The number of hydrogen-bond donors (Lipinski definition) is 2. The van der Waals surface area contributed by atoms with Gasteiger partial charge >= 0.3 is 0 Å². The van der Waals surface area contributed by atoms with Gasteiger partial charge in [-0.1, -0.05) is 41.1 Å². The highest BCUT2D eigenvalue weighted by Gasteiger charge is 2.03. The first kappa shape index (κ1) is 15.0. The fourth-order valence-corrected chi connectivity index (χ4v) is 2.29. The summed E-state index contributed by atoms with van der Waals surface area (Å²) < 4.78 is 6.82. The molecule has 2 aromatic carbocycles. The first-order valence-corrected chi connectivity index (χ1v) is 7.39. The molecule has 0 radical (unpaired) electrons. The molecule has 0 atom stereocenters. The number of halogens is 1. The van der Waals surface area contributed by atoms with Gasteiger partial charge in [0.25, 0.3) is 0 Å². The normalized spacial score (nSPS) is 10.6. The second-order valence-electron chi connectivity index (χ2n) is 4.44. The molecule has 0 saturated carbocycles. The van der Waals surface area contributed by atoms with Gasteiger partial charge in [0.1, 0.15) is 11.5 Å². The van der Waals surface area contributed by atoms with Crippen molar-refractivity contribution in [1.29, 1.82) is 0 Å². The van der Waals surface area contributed by atoms with E-state index >= 15 is 0 Å². The second kappa shape index (κ2) is 7.43. The molecule has 0 spiro atoms. The van der Waals surface area contributed by atoms with Crippen LogP contribution >= 0.6 is 15.9 Å². The zero-order valence-corrected chi connectivity index (χ0v) is 13.0. The fourth-order valence-electron chi connectivity index (χ4n) is 1.79. The van der Waals surface area contributed by atoms with Gasteiger partial charge in [0, 0.05) is 11.0 Å². The number of benzene rings is 2. The van der Waals surface area contributed by atoms with Gasteiger partial charge in [-0.05, 0) is 41.9 Å². The molecule has 0 bridgehead atoms. The predicted molar refractivity (Wildman–Crippen MR) is 84.0 cm³/mol. The molecule has 0 fully saturated rings. The van der Waals surface area contributed by atoms with E-state index in [2.05, 4.69) is 28.2 Å². The summed E-state index contributed by atoms with van der Waals surface area (Å²) in [7, 11) is 0. The van der Waals surface area contributed by atoms with Crippen LogP contribution < -0.4 is 10.1 Å². The molecule has 0 amide bonds. The lowest BCUT2D eigenvalue weighted by molar-refractivity contribution is 0.281. The first-order valence-electron chi connectivity index (χ1n) is 6.59. The average molecular weight is 336 g/mol. The highest BCUT2D eigenvalue weighted by atomic mass is 79.9. The molecule has 0 heterocycles. The Hall–Kier alpha value is -1.36. The monoisotopic (exact) mass is 335 g/mol. The number of hydrogen-bond acceptors (Lipinski definition) is 3. The number of rotatable bonds is 6. The smallest absolute Gasteiger partial charge is 0.128 e. The van der Waals surface area contributed by atoms with Crippen molar-refractivity contribution in [3.63, 3.8) is 0 Å². The topological polar surface area (TPSA) is 41.5 Å². The Morgan fingerprint density at radius 1 is 1.10 bits per heavy atom. The summed E-state index contributed by atoms with van der Waals surface area (Å²) in [5.41, 5.74) is 2.08. The summed E-state index contributed by atoms with van der Waals surface area (Å²) in [5.74, 6) is 1.54. The van der Waals surface area contributed by atoms with E-state index in [4.69, 9.17) is 9.84 Å². The number of aliphatic hydroxyl groups excluding tert-OH is 1. The lowest BCUT2D eigenvalue weighted by atomic mass is 10.2. The van der Waals surface area contributed by atoms with Crippen LogP contribution in [-0.2, 0) is 13.2 Å². The van der Waals surface area contributed by atoms with Crippen LogP contribution in [0.1, 0.15) is 18.1 Å². The van der Waals surface area contributed by atoms with Crippen LogP contribution in [0.3, 0.4) is 0 Å². The molecule has 0 aromatic heterocycles. The van der Waals surface area contributed by atoms with Gasteiger partial charge in [0.2, 0.25) is 0 Å². The summed E-state index contributed by atoms with van der Waals surface area (Å²) in [4.78, 5) is 0. The SMILES string of the molecule is CCNCc1ccc(Oc2ccc(CO)cc2)cc1Br. The first-order chi connectivity index (χ1) is 9.72. The molecule has 2 aromatic rings. The van der Waals surface area contributed by atoms with Gasteiger partial charge < -0.3 is 15.2 Å². The molecule has 4 heteroatoms. The summed E-state index contributed by atoms with van der Waals surface area (Å²) in [6, 6.07) is 13.4. The Bertz CT molecular complexity index is 555. The van der Waals surface area contributed by atoms with Crippen LogP contribution in [0.2, 0.25) is 0 Å². The van der Waals surface area contributed by atoms with Gasteiger partial charge in [-0.3, -0.25) is 0 Å². The minimum absolute atomic E-state index is 0.0466. The summed E-state index contributed by atoms with van der Waals surface area (Å²) in [6.07, 6.45) is 0. The van der Waals surface area contributed by atoms with E-state index in [1.54, 1.807) is 0 Å². The Morgan fingerprint density at radius 2 is 1.80 bits per heavy atom. The lowest BCUT2D eigenvalue weighted by Crippen LogP contribution is -2.11. The van der Waals surface area contributed by atoms with E-state index in [-0.39, 0.29) is 6.61 Å². The highest BCUT2D eigenvalue weighted by molar-refractivity contribution is 9.10. The van der Waals surface area contributed by atoms with Crippen molar-refractivity contribution in [3.8, 4) is 11.5 Å². The molecular weight excluding hydrogens is 318 g/mol. The zero-order valence-electron chi connectivity index (χ0n) is 11.4. The molecule has 0 unspecified atom stereocenters. The van der Waals surface area contributed by atoms with Crippen LogP contribution in [0.4, 0.5) is 0 Å². The molecule has 0 aliphatic rings. The maximum atomic E-state index is 9.00. The molecule has 0 aliphatic heterocycles. The molecule has 2 rings (SSSR count). The van der Waals surface area contributed by atoms with Crippen molar-refractivity contribution in [2.24, 2.45) is 0 Å². The van der Waals surface area contributed by atoms with E-state index in [1.807, 2.05) is 42.5 Å². The maximum absolute atomic E-state index is 9.00. The van der Waals surface area contributed by atoms with Crippen molar-refractivity contribution in [1.82, 2.24) is 5.32 Å². The number of aliphatic hydroxyl groups is 1. The van der Waals surface area contributed by atoms with Gasteiger partial charge in [0.15, 0.2) is 0 Å². The third kappa shape index (κ3) is 4.07. The van der Waals surface area contributed by atoms with E-state index in [0.29, 0.717) is 0 Å². The molecule has 106 valence electrons. The number of ether oxygens (including phenoxy) is 1. The van der Waals surface area contributed by atoms with E-state index in [1.165, 1.54) is 5.56 Å². The van der Waals surface area contributed by atoms with Crippen LogP contribution in [0.25, 0.3) is 0 Å². The molecule has 20 heavy (non-hydrogen) atoms. The van der Waals surface area contributed by atoms with Gasteiger partial charge in [-0.15, -0.1) is 0 Å². The quantitative estimate of drug-likeness (QED) is 0.842. The Balaban J connectivity index is 2.07. The summed E-state index contributed by atoms with van der Waals surface area (Å²) in [5, 5.41) is 12.3. The zero-order chi connectivity index (χ0) is 14.4. The third-order valence-corrected chi connectivity index (χ3v) is 3.67. The van der Waals surface area contributed by atoms with Gasteiger partial charge in [-0.2, -0.15) is 0 Å². The molecule has 2 N–H and O–H groups in total. The van der Waals surface area contributed by atoms with Crippen LogP contribution in [0.15, 0.2) is 46.9 Å². The Labute approximate surface area is 127 Å². The van der Waals surface area contributed by atoms with Gasteiger partial charge in [0.05, 0.1) is 6.61 Å². The van der Waals surface area contributed by atoms with E-state index in [0.717, 1.165) is 34.6 Å². The van der Waals surface area contributed by atoms with E-state index < -0.39 is 0 Å². The maximum Gasteiger partial charge on any atom is 0.128 e. The standard InChI is InChI=1S/C16H18BrNO2/c1-2-18-10-13-5-8-15(9-16(13)17)20-14-6-3-12(11-19)4-7-14/h3-9,18-19H,2,10-11H2,1H3. The minimum atomic E-state index is 0.0466. The van der Waals surface area contributed by atoms with Crippen LogP contribution in [0.5, 0.6) is 11.5 Å². The molecule has 3 nitrogen and oxygen atoms in total. The summed E-state index contributed by atoms with van der Waals surface area (Å²) in [6.45, 7) is 3.91. The van der Waals surface area contributed by atoms with Crippen molar-refractivity contribution < 1.29 is 9.84 Å². The fraction of sp³-hybridized carbons (Fsp3) is 0.250.